The lowest BCUT2D eigenvalue weighted by atomic mass is 9.97. The van der Waals surface area contributed by atoms with E-state index in [1.54, 1.807) is 0 Å². The summed E-state index contributed by atoms with van der Waals surface area (Å²) in [7, 11) is 2.86. The fraction of sp³-hybridized carbons (Fsp3) is 0.136. The van der Waals surface area contributed by atoms with Gasteiger partial charge >= 0.3 is 5.97 Å². The van der Waals surface area contributed by atoms with Gasteiger partial charge in [-0.05, 0) is 38.8 Å². The van der Waals surface area contributed by atoms with Gasteiger partial charge in [-0.2, -0.15) is 0 Å². The number of hydrogen-bond acceptors (Lipinski definition) is 4. The summed E-state index contributed by atoms with van der Waals surface area (Å²) in [6.07, 6.45) is 0. The van der Waals surface area contributed by atoms with E-state index in [0.29, 0.717) is 12.4 Å². The second-order valence-electron chi connectivity index (χ2n) is 5.76. The van der Waals surface area contributed by atoms with E-state index in [2.05, 4.69) is 15.9 Å². The molecule has 0 aliphatic carbocycles. The summed E-state index contributed by atoms with van der Waals surface area (Å²) < 4.78 is 16.6. The van der Waals surface area contributed by atoms with E-state index in [1.165, 1.54) is 14.2 Å². The molecule has 0 spiro atoms. The second kappa shape index (κ2) is 8.73. The number of hydrogen-bond donors (Lipinski definition) is 0. The summed E-state index contributed by atoms with van der Waals surface area (Å²) in [5, 5.41) is 2.00. The van der Waals surface area contributed by atoms with Crippen molar-refractivity contribution in [3.63, 3.8) is 0 Å². The number of para-hydroxylation sites is 1. The highest BCUT2D eigenvalue weighted by Crippen LogP contribution is 2.34. The zero-order valence-corrected chi connectivity index (χ0v) is 16.7. The molecule has 4 nitrogen and oxygen atoms in total. The van der Waals surface area contributed by atoms with Crippen LogP contribution < -0.4 is 4.74 Å². The Morgan fingerprint density at radius 3 is 2.30 bits per heavy atom. The monoisotopic (exact) mass is 426 g/mol. The molecule has 0 atom stereocenters. The van der Waals surface area contributed by atoms with Crippen LogP contribution in [0, 0.1) is 0 Å². The number of ether oxygens (including phenoxy) is 3. The van der Waals surface area contributed by atoms with E-state index >= 15 is 0 Å². The summed E-state index contributed by atoms with van der Waals surface area (Å²) in [5.41, 5.74) is 1.69. The first-order valence-corrected chi connectivity index (χ1v) is 9.16. The maximum Gasteiger partial charge on any atom is 0.348 e. The Morgan fingerprint density at radius 2 is 1.59 bits per heavy atom. The Labute approximate surface area is 166 Å². The number of methoxy groups -OCH3 is 2. The lowest BCUT2D eigenvalue weighted by Crippen LogP contribution is -2.07. The zero-order chi connectivity index (χ0) is 19.2. The number of fused-ring (bicyclic) bond motifs is 1. The van der Waals surface area contributed by atoms with E-state index in [1.807, 2.05) is 66.7 Å². The van der Waals surface area contributed by atoms with Gasteiger partial charge in [0.25, 0.3) is 0 Å². The second-order valence-corrected chi connectivity index (χ2v) is 6.55. The molecule has 0 fully saturated rings. The predicted molar refractivity (Wildman–Crippen MR) is 110 cm³/mol. The van der Waals surface area contributed by atoms with Gasteiger partial charge in [0.2, 0.25) is 0 Å². The molecule has 3 aromatic rings. The Morgan fingerprint density at radius 1 is 0.889 bits per heavy atom. The van der Waals surface area contributed by atoms with Gasteiger partial charge in [-0.1, -0.05) is 54.6 Å². The molecule has 138 valence electrons. The average molecular weight is 427 g/mol. The molecule has 0 amide bonds. The Hall–Kier alpha value is -2.79. The number of carbonyl (C=O) groups is 1. The van der Waals surface area contributed by atoms with Crippen LogP contribution in [0.2, 0.25) is 0 Å². The van der Waals surface area contributed by atoms with Crippen LogP contribution >= 0.6 is 15.9 Å². The standard InChI is InChI=1S/C22H19BrO4/c1-25-21(20(23)22(24)26-2)19-16(14-27-17-9-4-3-5-10-17)13-12-15-8-6-7-11-18(15)19/h3-13H,14H2,1-2H3/b21-20-. The smallest absolute Gasteiger partial charge is 0.348 e. The fourth-order valence-electron chi connectivity index (χ4n) is 2.87. The lowest BCUT2D eigenvalue weighted by molar-refractivity contribution is -0.135. The van der Waals surface area contributed by atoms with Crippen molar-refractivity contribution in [2.75, 3.05) is 14.2 Å². The zero-order valence-electron chi connectivity index (χ0n) is 15.1. The van der Waals surface area contributed by atoms with Crippen molar-refractivity contribution < 1.29 is 19.0 Å². The third kappa shape index (κ3) is 4.14. The molecule has 0 saturated heterocycles. The first kappa shape index (κ1) is 19.0. The molecule has 5 heteroatoms. The molecule has 3 aromatic carbocycles. The van der Waals surface area contributed by atoms with Crippen LogP contribution in [0.15, 0.2) is 71.2 Å². The maximum absolute atomic E-state index is 12.1. The van der Waals surface area contributed by atoms with Gasteiger partial charge in [0.15, 0.2) is 0 Å². The van der Waals surface area contributed by atoms with Gasteiger partial charge in [0.1, 0.15) is 22.6 Å². The first-order chi connectivity index (χ1) is 13.2. The van der Waals surface area contributed by atoms with Crippen molar-refractivity contribution in [2.24, 2.45) is 0 Å². The number of esters is 1. The van der Waals surface area contributed by atoms with Crippen LogP contribution in [-0.4, -0.2) is 20.2 Å². The minimum atomic E-state index is -0.505. The Bertz CT molecular complexity index is 980. The predicted octanol–water partition coefficient (Wildman–Crippen LogP) is 5.30. The quantitative estimate of drug-likeness (QED) is 0.304. The van der Waals surface area contributed by atoms with Crippen LogP contribution in [0.3, 0.4) is 0 Å². The van der Waals surface area contributed by atoms with Crippen molar-refractivity contribution in [2.45, 2.75) is 6.61 Å². The average Bonchev–Trinajstić information content (AvgIpc) is 2.73. The topological polar surface area (TPSA) is 44.8 Å². The lowest BCUT2D eigenvalue weighted by Gasteiger charge is -2.17. The third-order valence-corrected chi connectivity index (χ3v) is 4.83. The van der Waals surface area contributed by atoms with E-state index < -0.39 is 5.97 Å². The summed E-state index contributed by atoms with van der Waals surface area (Å²) in [4.78, 5) is 12.1. The molecule has 3 rings (SSSR count). The largest absolute Gasteiger partial charge is 0.495 e. The summed E-state index contributed by atoms with van der Waals surface area (Å²) in [6, 6.07) is 21.5. The van der Waals surface area contributed by atoms with Crippen LogP contribution in [0.5, 0.6) is 5.75 Å². The minimum Gasteiger partial charge on any atom is -0.495 e. The maximum atomic E-state index is 12.1. The summed E-state index contributed by atoms with van der Waals surface area (Å²) >= 11 is 3.32. The van der Waals surface area contributed by atoms with Crippen LogP contribution in [0.4, 0.5) is 0 Å². The summed E-state index contributed by atoms with van der Waals surface area (Å²) in [5.74, 6) is 0.673. The molecule has 0 aromatic heterocycles. The SMILES string of the molecule is COC(=O)/C(Br)=C(/OC)c1c(COc2ccccc2)ccc2ccccc12. The normalized spacial score (nSPS) is 11.7. The van der Waals surface area contributed by atoms with Gasteiger partial charge in [-0.3, -0.25) is 0 Å². The molecule has 27 heavy (non-hydrogen) atoms. The molecule has 0 aliphatic heterocycles. The van der Waals surface area contributed by atoms with E-state index in [0.717, 1.165) is 27.6 Å². The van der Waals surface area contributed by atoms with Gasteiger partial charge in [0, 0.05) is 11.1 Å². The van der Waals surface area contributed by atoms with Crippen LogP contribution in [-0.2, 0) is 20.9 Å². The van der Waals surface area contributed by atoms with Gasteiger partial charge in [-0.15, -0.1) is 0 Å². The molecular weight excluding hydrogens is 408 g/mol. The Kier molecular flexibility index (Phi) is 6.14. The molecule has 0 aliphatic rings. The van der Waals surface area contributed by atoms with Gasteiger partial charge < -0.3 is 14.2 Å². The van der Waals surface area contributed by atoms with Crippen molar-refractivity contribution >= 4 is 38.4 Å². The third-order valence-electron chi connectivity index (χ3n) is 4.15. The molecule has 0 heterocycles. The van der Waals surface area contributed by atoms with Crippen molar-refractivity contribution in [3.8, 4) is 5.75 Å². The van der Waals surface area contributed by atoms with Crippen molar-refractivity contribution in [3.05, 3.63) is 82.3 Å². The summed E-state index contributed by atoms with van der Waals surface area (Å²) in [6.45, 7) is 0.332. The highest BCUT2D eigenvalue weighted by Gasteiger charge is 2.21. The number of benzene rings is 3. The highest BCUT2D eigenvalue weighted by molar-refractivity contribution is 9.12. The minimum absolute atomic E-state index is 0.227. The molecule has 0 saturated carbocycles. The first-order valence-electron chi connectivity index (χ1n) is 8.36. The number of carbonyl (C=O) groups excluding carboxylic acids is 1. The van der Waals surface area contributed by atoms with Gasteiger partial charge in [0.05, 0.1) is 14.2 Å². The highest BCUT2D eigenvalue weighted by atomic mass is 79.9. The molecule has 0 radical (unpaired) electrons. The van der Waals surface area contributed by atoms with Crippen LogP contribution in [0.25, 0.3) is 16.5 Å². The number of rotatable bonds is 6. The Balaban J connectivity index is 2.13. The van der Waals surface area contributed by atoms with Crippen molar-refractivity contribution in [1.82, 2.24) is 0 Å². The van der Waals surface area contributed by atoms with Crippen molar-refractivity contribution in [1.29, 1.82) is 0 Å². The molecular formula is C22H19BrO4. The van der Waals surface area contributed by atoms with E-state index in [-0.39, 0.29) is 4.48 Å². The molecule has 0 unspecified atom stereocenters. The molecule has 0 N–H and O–H groups in total. The van der Waals surface area contributed by atoms with E-state index in [4.69, 9.17) is 14.2 Å². The van der Waals surface area contributed by atoms with Crippen LogP contribution in [0.1, 0.15) is 11.1 Å². The van der Waals surface area contributed by atoms with E-state index in [9.17, 15) is 4.79 Å². The number of halogens is 1. The van der Waals surface area contributed by atoms with Gasteiger partial charge in [-0.25, -0.2) is 4.79 Å². The fourth-order valence-corrected chi connectivity index (χ4v) is 3.39. The molecule has 0 bridgehead atoms.